The van der Waals surface area contributed by atoms with Crippen LogP contribution < -0.4 is 15.0 Å². The van der Waals surface area contributed by atoms with Crippen LogP contribution in [0.5, 0.6) is 5.75 Å². The molecule has 1 saturated heterocycles. The molecule has 0 unspecified atom stereocenters. The number of halogens is 1. The molecule has 0 amide bonds. The Morgan fingerprint density at radius 2 is 1.93 bits per heavy atom. The summed E-state index contributed by atoms with van der Waals surface area (Å²) in [6, 6.07) is 14.1. The second-order valence-electron chi connectivity index (χ2n) is 7.05. The van der Waals surface area contributed by atoms with E-state index in [1.165, 1.54) is 24.8 Å². The third kappa shape index (κ3) is 7.38. The average molecular weight is 509 g/mol. The van der Waals surface area contributed by atoms with Gasteiger partial charge in [-0.15, -0.1) is 24.0 Å². The molecule has 158 valence electrons. The second kappa shape index (κ2) is 12.5. The van der Waals surface area contributed by atoms with Crippen molar-refractivity contribution in [2.24, 2.45) is 4.99 Å². The summed E-state index contributed by atoms with van der Waals surface area (Å²) in [6.07, 6.45) is 5.74. The molecule has 1 aliphatic heterocycles. The van der Waals surface area contributed by atoms with E-state index in [-0.39, 0.29) is 24.0 Å². The molecule has 1 aliphatic rings. The van der Waals surface area contributed by atoms with E-state index in [2.05, 4.69) is 37.2 Å². The first-order valence-electron chi connectivity index (χ1n) is 10.1. The molecule has 0 spiro atoms. The van der Waals surface area contributed by atoms with Crippen molar-refractivity contribution in [3.63, 3.8) is 0 Å². The summed E-state index contributed by atoms with van der Waals surface area (Å²) in [5.74, 6) is 2.83. The minimum atomic E-state index is 0. The summed E-state index contributed by atoms with van der Waals surface area (Å²) in [7, 11) is 3.83. The highest BCUT2D eigenvalue weighted by molar-refractivity contribution is 14.0. The first-order chi connectivity index (χ1) is 13.8. The SMILES string of the molecule is CN=C(NCc1ccnc(N2CCCCC2)c1)N(C)CCOc1ccccc1.I. The number of piperidine rings is 1. The van der Waals surface area contributed by atoms with Crippen molar-refractivity contribution in [3.05, 3.63) is 54.2 Å². The van der Waals surface area contributed by atoms with E-state index in [1.807, 2.05) is 50.6 Å². The number of rotatable bonds is 7. The van der Waals surface area contributed by atoms with Crippen molar-refractivity contribution >= 4 is 35.8 Å². The number of guanidine groups is 1. The second-order valence-corrected chi connectivity index (χ2v) is 7.05. The van der Waals surface area contributed by atoms with Gasteiger partial charge in [0.25, 0.3) is 0 Å². The van der Waals surface area contributed by atoms with Crippen molar-refractivity contribution < 1.29 is 4.74 Å². The third-order valence-corrected chi connectivity index (χ3v) is 4.95. The Bertz CT molecular complexity index is 750. The van der Waals surface area contributed by atoms with Crippen LogP contribution in [-0.4, -0.2) is 56.2 Å². The largest absolute Gasteiger partial charge is 0.492 e. The first kappa shape index (κ1) is 23.3. The molecule has 29 heavy (non-hydrogen) atoms. The molecule has 1 aromatic carbocycles. The fraction of sp³-hybridized carbons (Fsp3) is 0.455. The molecule has 7 heteroatoms. The molecule has 0 atom stereocenters. The number of hydrogen-bond acceptors (Lipinski definition) is 4. The number of para-hydroxylation sites is 1. The maximum atomic E-state index is 5.78. The first-order valence-corrected chi connectivity index (χ1v) is 10.1. The maximum absolute atomic E-state index is 5.78. The summed E-state index contributed by atoms with van der Waals surface area (Å²) >= 11 is 0. The van der Waals surface area contributed by atoms with E-state index in [0.29, 0.717) is 6.61 Å². The van der Waals surface area contributed by atoms with Crippen LogP contribution >= 0.6 is 24.0 Å². The fourth-order valence-electron chi connectivity index (χ4n) is 3.36. The summed E-state index contributed by atoms with van der Waals surface area (Å²) in [4.78, 5) is 13.4. The number of ether oxygens (including phenoxy) is 1. The average Bonchev–Trinajstić information content (AvgIpc) is 2.76. The van der Waals surface area contributed by atoms with Gasteiger partial charge in [0.2, 0.25) is 0 Å². The molecule has 0 aliphatic carbocycles. The lowest BCUT2D eigenvalue weighted by atomic mass is 10.1. The van der Waals surface area contributed by atoms with Crippen LogP contribution in [0.2, 0.25) is 0 Å². The monoisotopic (exact) mass is 509 g/mol. The van der Waals surface area contributed by atoms with Gasteiger partial charge in [-0.1, -0.05) is 18.2 Å². The van der Waals surface area contributed by atoms with Crippen molar-refractivity contribution in [1.29, 1.82) is 0 Å². The number of nitrogens with one attached hydrogen (secondary N) is 1. The van der Waals surface area contributed by atoms with Crippen molar-refractivity contribution in [3.8, 4) is 5.75 Å². The molecule has 3 rings (SSSR count). The Morgan fingerprint density at radius 1 is 1.17 bits per heavy atom. The predicted octanol–water partition coefficient (Wildman–Crippen LogP) is 3.78. The summed E-state index contributed by atoms with van der Waals surface area (Å²) < 4.78 is 5.78. The Kier molecular flexibility index (Phi) is 10.0. The van der Waals surface area contributed by atoms with Crippen LogP contribution in [-0.2, 0) is 6.54 Å². The van der Waals surface area contributed by atoms with Gasteiger partial charge in [-0.2, -0.15) is 0 Å². The van der Waals surface area contributed by atoms with E-state index in [4.69, 9.17) is 4.74 Å². The number of aromatic nitrogens is 1. The van der Waals surface area contributed by atoms with Gasteiger partial charge in [-0.25, -0.2) is 4.98 Å². The van der Waals surface area contributed by atoms with Crippen LogP contribution in [0.25, 0.3) is 0 Å². The molecule has 2 aromatic rings. The van der Waals surface area contributed by atoms with Crippen LogP contribution in [0.3, 0.4) is 0 Å². The summed E-state index contributed by atoms with van der Waals surface area (Å²) in [6.45, 7) is 4.30. The number of anilines is 1. The zero-order valence-electron chi connectivity index (χ0n) is 17.4. The van der Waals surface area contributed by atoms with Gasteiger partial charge in [0.1, 0.15) is 18.2 Å². The number of likely N-dealkylation sites (N-methyl/N-ethyl adjacent to an activating group) is 1. The lowest BCUT2D eigenvalue weighted by Crippen LogP contribution is -2.40. The standard InChI is InChI=1S/C22H31N5O.HI/c1-23-22(26(2)15-16-28-20-9-5-3-6-10-20)25-18-19-11-12-24-21(17-19)27-13-7-4-8-14-27;/h3,5-6,9-12,17H,4,7-8,13-16,18H2,1-2H3,(H,23,25);1H. The quantitative estimate of drug-likeness (QED) is 0.350. The minimum absolute atomic E-state index is 0. The van der Waals surface area contributed by atoms with Gasteiger partial charge in [-0.05, 0) is 49.1 Å². The van der Waals surface area contributed by atoms with Gasteiger partial charge in [0.05, 0.1) is 6.54 Å². The van der Waals surface area contributed by atoms with Gasteiger partial charge < -0.3 is 19.9 Å². The van der Waals surface area contributed by atoms with E-state index >= 15 is 0 Å². The Labute approximate surface area is 191 Å². The molecule has 0 saturated carbocycles. The Balaban J connectivity index is 0.00000300. The zero-order valence-corrected chi connectivity index (χ0v) is 19.7. The zero-order chi connectivity index (χ0) is 19.6. The molecule has 1 fully saturated rings. The normalized spacial score (nSPS) is 14.1. The highest BCUT2D eigenvalue weighted by atomic mass is 127. The Morgan fingerprint density at radius 3 is 2.66 bits per heavy atom. The van der Waals surface area contributed by atoms with Gasteiger partial charge in [-0.3, -0.25) is 4.99 Å². The molecule has 1 aromatic heterocycles. The number of benzene rings is 1. The number of aliphatic imine (C=N–C) groups is 1. The number of hydrogen-bond donors (Lipinski definition) is 1. The van der Waals surface area contributed by atoms with Crippen LogP contribution in [0, 0.1) is 0 Å². The van der Waals surface area contributed by atoms with Gasteiger partial charge >= 0.3 is 0 Å². The van der Waals surface area contributed by atoms with Crippen molar-refractivity contribution in [2.45, 2.75) is 25.8 Å². The number of pyridine rings is 1. The summed E-state index contributed by atoms with van der Waals surface area (Å²) in [5, 5.41) is 3.44. The molecule has 6 nitrogen and oxygen atoms in total. The molecule has 0 bridgehead atoms. The summed E-state index contributed by atoms with van der Waals surface area (Å²) in [5.41, 5.74) is 1.21. The Hall–Kier alpha value is -2.03. The molecule has 2 heterocycles. The topological polar surface area (TPSA) is 53.0 Å². The van der Waals surface area contributed by atoms with E-state index in [9.17, 15) is 0 Å². The fourth-order valence-corrected chi connectivity index (χ4v) is 3.36. The number of nitrogens with zero attached hydrogens (tertiary/aromatic N) is 4. The molecule has 1 N–H and O–H groups in total. The van der Waals surface area contributed by atoms with Crippen molar-refractivity contribution in [2.75, 3.05) is 45.2 Å². The van der Waals surface area contributed by atoms with E-state index in [0.717, 1.165) is 43.7 Å². The highest BCUT2D eigenvalue weighted by Gasteiger charge is 2.12. The van der Waals surface area contributed by atoms with Crippen LogP contribution in [0.1, 0.15) is 24.8 Å². The van der Waals surface area contributed by atoms with Crippen LogP contribution in [0.15, 0.2) is 53.7 Å². The highest BCUT2D eigenvalue weighted by Crippen LogP contribution is 2.18. The van der Waals surface area contributed by atoms with E-state index in [1.54, 1.807) is 0 Å². The third-order valence-electron chi connectivity index (χ3n) is 4.95. The van der Waals surface area contributed by atoms with Crippen LogP contribution in [0.4, 0.5) is 5.82 Å². The molecular weight excluding hydrogens is 477 g/mol. The molecular formula is C22H32IN5O. The lowest BCUT2D eigenvalue weighted by molar-refractivity contribution is 0.281. The van der Waals surface area contributed by atoms with Crippen molar-refractivity contribution in [1.82, 2.24) is 15.2 Å². The minimum Gasteiger partial charge on any atom is -0.492 e. The lowest BCUT2D eigenvalue weighted by Gasteiger charge is -2.28. The molecule has 0 radical (unpaired) electrons. The van der Waals surface area contributed by atoms with Gasteiger partial charge in [0.15, 0.2) is 5.96 Å². The van der Waals surface area contributed by atoms with E-state index < -0.39 is 0 Å². The smallest absolute Gasteiger partial charge is 0.193 e. The predicted molar refractivity (Wildman–Crippen MR) is 130 cm³/mol. The maximum Gasteiger partial charge on any atom is 0.193 e. The van der Waals surface area contributed by atoms with Gasteiger partial charge in [0, 0.05) is 39.9 Å².